The first-order chi connectivity index (χ1) is 14.8. The molecule has 1 aliphatic rings. The summed E-state index contributed by atoms with van der Waals surface area (Å²) in [4.78, 5) is 39.0. The van der Waals surface area contributed by atoms with Gasteiger partial charge in [0.25, 0.3) is 0 Å². The summed E-state index contributed by atoms with van der Waals surface area (Å²) < 4.78 is 5.53. The predicted molar refractivity (Wildman–Crippen MR) is 113 cm³/mol. The second-order valence-electron chi connectivity index (χ2n) is 8.04. The number of carboxylic acid groups (broad SMARTS) is 1. The highest BCUT2D eigenvalue weighted by atomic mass is 16.7. The fraction of sp³-hybridized carbons (Fsp3) is 0.348. The number of ether oxygens (including phenoxy) is 1. The van der Waals surface area contributed by atoms with Gasteiger partial charge < -0.3 is 15.2 Å². The summed E-state index contributed by atoms with van der Waals surface area (Å²) in [5, 5.41) is 11.3. The van der Waals surface area contributed by atoms with Crippen LogP contribution in [0.4, 0.5) is 4.79 Å². The van der Waals surface area contributed by atoms with Crippen molar-refractivity contribution in [1.29, 1.82) is 0 Å². The number of benzene rings is 2. The minimum atomic E-state index is -1.18. The normalized spacial score (nSPS) is 12.6. The van der Waals surface area contributed by atoms with Gasteiger partial charge in [-0.05, 0) is 42.5 Å². The van der Waals surface area contributed by atoms with Crippen LogP contribution in [-0.2, 0) is 19.2 Å². The first kappa shape index (κ1) is 22.3. The minimum Gasteiger partial charge on any atom is -0.479 e. The highest BCUT2D eigenvalue weighted by Gasteiger charge is 2.30. The number of hydroxylamine groups is 1. The molecule has 1 aliphatic carbocycles. The van der Waals surface area contributed by atoms with E-state index in [4.69, 9.17) is 9.84 Å². The first-order valence-corrected chi connectivity index (χ1v) is 10.0. The average Bonchev–Trinajstić information content (AvgIpc) is 3.04. The zero-order valence-corrected chi connectivity index (χ0v) is 17.5. The van der Waals surface area contributed by atoms with E-state index in [0.717, 1.165) is 22.3 Å². The van der Waals surface area contributed by atoms with E-state index in [1.54, 1.807) is 13.8 Å². The summed E-state index contributed by atoms with van der Waals surface area (Å²) in [7, 11) is 0. The third kappa shape index (κ3) is 5.82. The van der Waals surface area contributed by atoms with Crippen LogP contribution in [0.1, 0.15) is 43.7 Å². The first-order valence-electron chi connectivity index (χ1n) is 10.0. The second kappa shape index (κ2) is 9.61. The fourth-order valence-corrected chi connectivity index (χ4v) is 3.63. The van der Waals surface area contributed by atoms with Gasteiger partial charge in [0, 0.05) is 17.9 Å². The van der Waals surface area contributed by atoms with E-state index in [2.05, 4.69) is 39.9 Å². The lowest BCUT2D eigenvalue weighted by Gasteiger charge is -2.26. The molecule has 8 heteroatoms. The van der Waals surface area contributed by atoms with Crippen LogP contribution in [0.3, 0.4) is 0 Å². The van der Waals surface area contributed by atoms with Gasteiger partial charge in [-0.25, -0.2) is 15.1 Å². The monoisotopic (exact) mass is 426 g/mol. The Hall–Kier alpha value is -3.39. The molecule has 0 unspecified atom stereocenters. The van der Waals surface area contributed by atoms with Crippen molar-refractivity contribution in [2.24, 2.45) is 0 Å². The van der Waals surface area contributed by atoms with Gasteiger partial charge >= 0.3 is 12.1 Å². The smallest absolute Gasteiger partial charge is 0.407 e. The molecule has 8 nitrogen and oxygen atoms in total. The van der Waals surface area contributed by atoms with Gasteiger partial charge in [0.2, 0.25) is 5.91 Å². The maximum atomic E-state index is 12.4. The molecule has 2 aromatic rings. The Morgan fingerprint density at radius 3 is 2.16 bits per heavy atom. The molecule has 0 aromatic heterocycles. The number of alkyl carbamates (subject to hydrolysis) is 1. The van der Waals surface area contributed by atoms with Crippen LogP contribution in [-0.4, -0.2) is 41.8 Å². The standard InChI is InChI=1S/C23H26N2O6/c1-23(2,12-11-20(26)25-31-14-21(27)28)24-22(29)30-13-19-17-9-5-3-7-15(17)16-8-4-6-10-18(16)19/h3-10,19H,11-14H2,1-2H3,(H,24,29)(H,25,26)(H,27,28). The second-order valence-corrected chi connectivity index (χ2v) is 8.04. The molecule has 0 aliphatic heterocycles. The lowest BCUT2D eigenvalue weighted by Crippen LogP contribution is -2.44. The fourth-order valence-electron chi connectivity index (χ4n) is 3.63. The number of hydrogen-bond acceptors (Lipinski definition) is 5. The van der Waals surface area contributed by atoms with E-state index in [-0.39, 0.29) is 18.9 Å². The van der Waals surface area contributed by atoms with Crippen LogP contribution in [0.15, 0.2) is 48.5 Å². The van der Waals surface area contributed by atoms with Crippen LogP contribution in [0.5, 0.6) is 0 Å². The molecule has 3 N–H and O–H groups in total. The Balaban J connectivity index is 1.51. The molecule has 0 radical (unpaired) electrons. The Bertz CT molecular complexity index is 927. The van der Waals surface area contributed by atoms with E-state index < -0.39 is 30.1 Å². The third-order valence-corrected chi connectivity index (χ3v) is 5.14. The number of fused-ring (bicyclic) bond motifs is 3. The number of amides is 2. The van der Waals surface area contributed by atoms with E-state index in [1.165, 1.54) is 0 Å². The maximum absolute atomic E-state index is 12.4. The lowest BCUT2D eigenvalue weighted by atomic mass is 9.98. The van der Waals surface area contributed by atoms with E-state index in [0.29, 0.717) is 6.42 Å². The van der Waals surface area contributed by atoms with E-state index >= 15 is 0 Å². The number of carbonyl (C=O) groups is 3. The van der Waals surface area contributed by atoms with Crippen LogP contribution in [0.2, 0.25) is 0 Å². The van der Waals surface area contributed by atoms with Gasteiger partial charge in [-0.3, -0.25) is 9.63 Å². The van der Waals surface area contributed by atoms with Crippen molar-refractivity contribution < 1.29 is 29.1 Å². The summed E-state index contributed by atoms with van der Waals surface area (Å²) in [6, 6.07) is 16.2. The number of hydrogen-bond donors (Lipinski definition) is 3. The highest BCUT2D eigenvalue weighted by Crippen LogP contribution is 2.44. The molecule has 0 saturated carbocycles. The molecule has 0 spiro atoms. The highest BCUT2D eigenvalue weighted by molar-refractivity contribution is 5.79. The summed E-state index contributed by atoms with van der Waals surface area (Å²) in [6.45, 7) is 3.15. The molecule has 2 aromatic carbocycles. The number of nitrogens with one attached hydrogen (secondary N) is 2. The SMILES string of the molecule is CC(C)(CCC(=O)NOCC(=O)O)NC(=O)OCC1c2ccccc2-c2ccccc21. The Kier molecular flexibility index (Phi) is 6.91. The number of rotatable bonds is 9. The molecule has 0 bridgehead atoms. The van der Waals surface area contributed by atoms with Crippen molar-refractivity contribution in [2.75, 3.05) is 13.2 Å². The van der Waals surface area contributed by atoms with Crippen molar-refractivity contribution in [1.82, 2.24) is 10.8 Å². The molecule has 0 fully saturated rings. The summed E-state index contributed by atoms with van der Waals surface area (Å²) in [5.74, 6) is -1.68. The molecule has 0 heterocycles. The number of carboxylic acids is 1. The molecular weight excluding hydrogens is 400 g/mol. The van der Waals surface area contributed by atoms with Gasteiger partial charge in [0.05, 0.1) is 0 Å². The summed E-state index contributed by atoms with van der Waals surface area (Å²) in [6.07, 6.45) is -0.190. The van der Waals surface area contributed by atoms with Crippen molar-refractivity contribution in [3.8, 4) is 11.1 Å². The lowest BCUT2D eigenvalue weighted by molar-refractivity contribution is -0.149. The third-order valence-electron chi connectivity index (χ3n) is 5.14. The van der Waals surface area contributed by atoms with Crippen molar-refractivity contribution in [2.45, 2.75) is 38.1 Å². The Morgan fingerprint density at radius 1 is 1.00 bits per heavy atom. The summed E-state index contributed by atoms with van der Waals surface area (Å²) >= 11 is 0. The van der Waals surface area contributed by atoms with Crippen molar-refractivity contribution >= 4 is 18.0 Å². The van der Waals surface area contributed by atoms with Crippen LogP contribution >= 0.6 is 0 Å². The zero-order chi connectivity index (χ0) is 22.4. The Labute approximate surface area is 180 Å². The quantitative estimate of drug-likeness (QED) is 0.531. The van der Waals surface area contributed by atoms with Crippen molar-refractivity contribution in [3.05, 3.63) is 59.7 Å². The number of aliphatic carboxylic acids is 1. The molecule has 3 rings (SSSR count). The predicted octanol–water partition coefficient (Wildman–Crippen LogP) is 3.22. The largest absolute Gasteiger partial charge is 0.479 e. The Morgan fingerprint density at radius 2 is 1.58 bits per heavy atom. The molecule has 0 saturated heterocycles. The van der Waals surface area contributed by atoms with E-state index in [1.807, 2.05) is 24.3 Å². The minimum absolute atomic E-state index is 0.0292. The van der Waals surface area contributed by atoms with Crippen LogP contribution in [0, 0.1) is 0 Å². The molecule has 2 amide bonds. The topological polar surface area (TPSA) is 114 Å². The van der Waals surface area contributed by atoms with Gasteiger partial charge in [-0.1, -0.05) is 48.5 Å². The van der Waals surface area contributed by atoms with Gasteiger partial charge in [0.15, 0.2) is 6.61 Å². The van der Waals surface area contributed by atoms with Gasteiger partial charge in [-0.15, -0.1) is 0 Å². The van der Waals surface area contributed by atoms with Gasteiger partial charge in [-0.2, -0.15) is 0 Å². The maximum Gasteiger partial charge on any atom is 0.407 e. The van der Waals surface area contributed by atoms with Gasteiger partial charge in [0.1, 0.15) is 6.61 Å². The van der Waals surface area contributed by atoms with Crippen LogP contribution in [0.25, 0.3) is 11.1 Å². The molecule has 164 valence electrons. The molecule has 0 atom stereocenters. The number of carbonyl (C=O) groups excluding carboxylic acids is 2. The summed E-state index contributed by atoms with van der Waals surface area (Å²) in [5.41, 5.74) is 5.93. The van der Waals surface area contributed by atoms with E-state index in [9.17, 15) is 14.4 Å². The average molecular weight is 426 g/mol. The molecule has 31 heavy (non-hydrogen) atoms. The van der Waals surface area contributed by atoms with Crippen molar-refractivity contribution in [3.63, 3.8) is 0 Å². The molecular formula is C23H26N2O6. The van der Waals surface area contributed by atoms with Crippen LogP contribution < -0.4 is 10.8 Å². The zero-order valence-electron chi connectivity index (χ0n) is 17.5.